The Morgan fingerprint density at radius 1 is 1.80 bits per heavy atom. The molecule has 0 aliphatic carbocycles. The molecule has 5 heteroatoms. The molecule has 1 aromatic rings. The molecule has 0 atom stereocenters. The van der Waals surface area contributed by atoms with E-state index in [9.17, 15) is 0 Å². The molecule has 0 amide bonds. The molecular weight excluding hydrogens is 166 g/mol. The van der Waals surface area contributed by atoms with Crippen molar-refractivity contribution in [3.8, 4) is 5.40 Å². The van der Waals surface area contributed by atoms with Crippen molar-refractivity contribution in [1.82, 2.24) is 9.97 Å². The number of hydrogen-bond donors (Lipinski definition) is 1. The lowest BCUT2D eigenvalue weighted by molar-refractivity contribution is 1.06. The van der Waals surface area contributed by atoms with E-state index >= 15 is 0 Å². The first kappa shape index (κ1) is 7.51. The third-order valence-corrected chi connectivity index (χ3v) is 2.36. The molecule has 0 aromatic carbocycles. The topological polar surface area (TPSA) is 52.5 Å². The Labute approximate surface area is 67.2 Å². The first-order valence-electron chi connectivity index (χ1n) is 2.56. The van der Waals surface area contributed by atoms with Crippen molar-refractivity contribution < 1.29 is 0 Å². The highest BCUT2D eigenvalue weighted by Gasteiger charge is 1.93. The van der Waals surface area contributed by atoms with Crippen molar-refractivity contribution >= 4 is 23.5 Å². The second kappa shape index (κ2) is 4.25. The summed E-state index contributed by atoms with van der Waals surface area (Å²) in [5.41, 5.74) is 0. The van der Waals surface area contributed by atoms with Gasteiger partial charge in [0.2, 0.25) is 0 Å². The SMILES string of the molecule is N#CSCSc1ncc[nH]1. The normalized spacial score (nSPS) is 9.10. The van der Waals surface area contributed by atoms with E-state index in [-0.39, 0.29) is 0 Å². The molecule has 0 radical (unpaired) electrons. The Morgan fingerprint density at radius 3 is 3.30 bits per heavy atom. The summed E-state index contributed by atoms with van der Waals surface area (Å²) in [5.74, 6) is 0. The van der Waals surface area contributed by atoms with Gasteiger partial charge in [0.1, 0.15) is 5.40 Å². The number of aromatic amines is 1. The number of thiocyanates is 1. The monoisotopic (exact) mass is 171 g/mol. The highest BCUT2D eigenvalue weighted by molar-refractivity contribution is 8.18. The van der Waals surface area contributed by atoms with E-state index in [1.165, 1.54) is 23.5 Å². The summed E-state index contributed by atoms with van der Waals surface area (Å²) in [6.45, 7) is 0. The molecule has 0 saturated carbocycles. The quantitative estimate of drug-likeness (QED) is 0.325. The number of imidazole rings is 1. The highest BCUT2D eigenvalue weighted by atomic mass is 32.2. The van der Waals surface area contributed by atoms with Crippen LogP contribution in [0.4, 0.5) is 0 Å². The van der Waals surface area contributed by atoms with E-state index < -0.39 is 0 Å². The zero-order valence-corrected chi connectivity index (χ0v) is 6.71. The van der Waals surface area contributed by atoms with E-state index in [4.69, 9.17) is 5.26 Å². The summed E-state index contributed by atoms with van der Waals surface area (Å²) in [7, 11) is 0. The maximum Gasteiger partial charge on any atom is 0.166 e. The van der Waals surface area contributed by atoms with Crippen LogP contribution in [0.5, 0.6) is 0 Å². The van der Waals surface area contributed by atoms with E-state index in [1.54, 1.807) is 12.4 Å². The van der Waals surface area contributed by atoms with Crippen LogP contribution in [0.3, 0.4) is 0 Å². The third-order valence-electron chi connectivity index (χ3n) is 0.792. The first-order valence-corrected chi connectivity index (χ1v) is 4.53. The fourth-order valence-corrected chi connectivity index (χ4v) is 1.62. The van der Waals surface area contributed by atoms with Crippen LogP contribution in [0, 0.1) is 10.7 Å². The number of H-pyrrole nitrogens is 1. The zero-order chi connectivity index (χ0) is 7.23. The number of nitrogens with one attached hydrogen (secondary N) is 1. The van der Waals surface area contributed by atoms with Crippen LogP contribution < -0.4 is 0 Å². The highest BCUT2D eigenvalue weighted by Crippen LogP contribution is 2.16. The van der Waals surface area contributed by atoms with Crippen LogP contribution in [0.15, 0.2) is 17.6 Å². The van der Waals surface area contributed by atoms with Gasteiger partial charge >= 0.3 is 0 Å². The summed E-state index contributed by atoms with van der Waals surface area (Å²) in [6.07, 6.45) is 3.46. The molecule has 1 N–H and O–H groups in total. The van der Waals surface area contributed by atoms with Crippen molar-refractivity contribution in [1.29, 1.82) is 5.26 Å². The molecule has 3 nitrogen and oxygen atoms in total. The Hall–Kier alpha value is -0.600. The van der Waals surface area contributed by atoms with Crippen molar-refractivity contribution in [2.45, 2.75) is 5.16 Å². The summed E-state index contributed by atoms with van der Waals surface area (Å²) in [5, 5.41) is 11.7. The maximum atomic E-state index is 8.16. The number of nitrogens with zero attached hydrogens (tertiary/aromatic N) is 2. The molecule has 0 saturated heterocycles. The van der Waals surface area contributed by atoms with Crippen LogP contribution in [-0.4, -0.2) is 15.1 Å². The lowest BCUT2D eigenvalue weighted by atomic mass is 11.0. The smallest absolute Gasteiger partial charge is 0.166 e. The van der Waals surface area contributed by atoms with Gasteiger partial charge in [-0.05, 0) is 11.8 Å². The van der Waals surface area contributed by atoms with Gasteiger partial charge in [-0.25, -0.2) is 4.98 Å². The van der Waals surface area contributed by atoms with Crippen LogP contribution in [0.2, 0.25) is 0 Å². The molecule has 52 valence electrons. The van der Waals surface area contributed by atoms with Crippen molar-refractivity contribution in [3.63, 3.8) is 0 Å². The number of rotatable bonds is 3. The van der Waals surface area contributed by atoms with Crippen LogP contribution >= 0.6 is 23.5 Å². The standard InChI is InChI=1S/C5H5N3S2/c6-3-9-4-10-5-7-1-2-8-5/h1-2H,4H2,(H,7,8). The number of thioether (sulfide) groups is 2. The van der Waals surface area contributed by atoms with Gasteiger partial charge in [-0.2, -0.15) is 5.26 Å². The molecule has 0 unspecified atom stereocenters. The van der Waals surface area contributed by atoms with E-state index in [0.717, 1.165) is 10.2 Å². The predicted octanol–water partition coefficient (Wildman–Crippen LogP) is 1.67. The molecule has 0 aliphatic heterocycles. The van der Waals surface area contributed by atoms with Crippen LogP contribution in [-0.2, 0) is 0 Å². The summed E-state index contributed by atoms with van der Waals surface area (Å²) < 4.78 is 0. The van der Waals surface area contributed by atoms with Gasteiger partial charge in [-0.15, -0.1) is 0 Å². The predicted molar refractivity (Wildman–Crippen MR) is 42.5 cm³/mol. The number of nitriles is 1. The van der Waals surface area contributed by atoms with Crippen molar-refractivity contribution in [3.05, 3.63) is 12.4 Å². The van der Waals surface area contributed by atoms with Gasteiger partial charge in [-0.1, -0.05) is 11.8 Å². The Morgan fingerprint density at radius 2 is 2.70 bits per heavy atom. The number of aromatic nitrogens is 2. The summed E-state index contributed by atoms with van der Waals surface area (Å²) in [4.78, 5) is 6.90. The lowest BCUT2D eigenvalue weighted by Gasteiger charge is -1.88. The Balaban J connectivity index is 2.23. The van der Waals surface area contributed by atoms with Gasteiger partial charge in [-0.3, -0.25) is 0 Å². The summed E-state index contributed by atoms with van der Waals surface area (Å²) >= 11 is 2.74. The molecule has 0 fully saturated rings. The molecule has 0 bridgehead atoms. The lowest BCUT2D eigenvalue weighted by Crippen LogP contribution is -1.73. The molecular formula is C5H5N3S2. The van der Waals surface area contributed by atoms with E-state index in [1.807, 2.05) is 5.40 Å². The molecule has 0 aliphatic rings. The minimum atomic E-state index is 0.726. The largest absolute Gasteiger partial charge is 0.340 e. The zero-order valence-electron chi connectivity index (χ0n) is 5.07. The summed E-state index contributed by atoms with van der Waals surface area (Å²) in [6, 6.07) is 0. The Bertz CT molecular complexity index is 213. The van der Waals surface area contributed by atoms with Gasteiger partial charge in [0, 0.05) is 12.4 Å². The van der Waals surface area contributed by atoms with Gasteiger partial charge < -0.3 is 4.98 Å². The minimum Gasteiger partial charge on any atom is -0.340 e. The van der Waals surface area contributed by atoms with E-state index in [0.29, 0.717) is 0 Å². The fourth-order valence-electron chi connectivity index (χ4n) is 0.441. The fraction of sp³-hybridized carbons (Fsp3) is 0.200. The van der Waals surface area contributed by atoms with Crippen LogP contribution in [0.1, 0.15) is 0 Å². The van der Waals surface area contributed by atoms with Gasteiger partial charge in [0.25, 0.3) is 0 Å². The minimum absolute atomic E-state index is 0.726. The van der Waals surface area contributed by atoms with Crippen LogP contribution in [0.25, 0.3) is 0 Å². The van der Waals surface area contributed by atoms with Gasteiger partial charge in [0.15, 0.2) is 5.16 Å². The molecule has 1 heterocycles. The molecule has 1 rings (SSSR count). The average Bonchev–Trinajstić information content (AvgIpc) is 2.41. The number of hydrogen-bond acceptors (Lipinski definition) is 4. The second-order valence-electron chi connectivity index (χ2n) is 1.39. The van der Waals surface area contributed by atoms with Crippen molar-refractivity contribution in [2.24, 2.45) is 0 Å². The average molecular weight is 171 g/mol. The molecule has 0 spiro atoms. The third kappa shape index (κ3) is 2.33. The van der Waals surface area contributed by atoms with E-state index in [2.05, 4.69) is 9.97 Å². The van der Waals surface area contributed by atoms with Gasteiger partial charge in [0.05, 0.1) is 5.08 Å². The maximum absolute atomic E-state index is 8.16. The second-order valence-corrected chi connectivity index (χ2v) is 3.48. The molecule has 10 heavy (non-hydrogen) atoms. The first-order chi connectivity index (χ1) is 4.93. The Kier molecular flexibility index (Phi) is 3.19. The molecule has 1 aromatic heterocycles. The van der Waals surface area contributed by atoms with Crippen molar-refractivity contribution in [2.75, 3.05) is 5.08 Å².